The van der Waals surface area contributed by atoms with Crippen molar-refractivity contribution in [1.29, 1.82) is 0 Å². The van der Waals surface area contributed by atoms with E-state index in [9.17, 15) is 14.4 Å². The molecule has 1 unspecified atom stereocenters. The molecule has 2 fully saturated rings. The van der Waals surface area contributed by atoms with Crippen LogP contribution in [0.25, 0.3) is 6.08 Å². The molecule has 0 radical (unpaired) electrons. The molecule has 2 saturated heterocycles. The Hall–Kier alpha value is -2.48. The summed E-state index contributed by atoms with van der Waals surface area (Å²) in [7, 11) is 0. The number of carbonyl (C=O) groups is 3. The minimum atomic E-state index is -0.933. The van der Waals surface area contributed by atoms with Gasteiger partial charge in [-0.25, -0.2) is 4.90 Å². The van der Waals surface area contributed by atoms with Crippen molar-refractivity contribution in [2.24, 2.45) is 0 Å². The summed E-state index contributed by atoms with van der Waals surface area (Å²) in [5.41, 5.74) is 1.28. The van der Waals surface area contributed by atoms with Gasteiger partial charge in [-0.3, -0.25) is 19.3 Å². The smallest absolute Gasteiger partial charge is 0.266 e. The first-order valence-electron chi connectivity index (χ1n) is 8.40. The van der Waals surface area contributed by atoms with Gasteiger partial charge in [-0.2, -0.15) is 0 Å². The third-order valence-corrected chi connectivity index (χ3v) is 6.02. The number of halogens is 1. The molecule has 8 heteroatoms. The number of anilines is 1. The van der Waals surface area contributed by atoms with Gasteiger partial charge in [-0.15, -0.1) is 0 Å². The van der Waals surface area contributed by atoms with Gasteiger partial charge in [0, 0.05) is 5.02 Å². The molecule has 28 heavy (non-hydrogen) atoms. The van der Waals surface area contributed by atoms with Gasteiger partial charge in [0.05, 0.1) is 17.0 Å². The Kier molecular flexibility index (Phi) is 5.05. The summed E-state index contributed by atoms with van der Waals surface area (Å²) < 4.78 is 0.274. The average Bonchev–Trinajstić information content (AvgIpc) is 3.12. The zero-order chi connectivity index (χ0) is 19.8. The lowest BCUT2D eigenvalue weighted by Crippen LogP contribution is -2.44. The quantitative estimate of drug-likeness (QED) is 0.422. The molecule has 3 amide bonds. The van der Waals surface area contributed by atoms with Gasteiger partial charge in [0.25, 0.3) is 11.8 Å². The van der Waals surface area contributed by atoms with Crippen LogP contribution < -0.4 is 4.90 Å². The number of amides is 3. The van der Waals surface area contributed by atoms with Crippen LogP contribution in [0.15, 0.2) is 59.5 Å². The van der Waals surface area contributed by atoms with Crippen molar-refractivity contribution < 1.29 is 14.4 Å². The van der Waals surface area contributed by atoms with E-state index in [0.717, 1.165) is 22.2 Å². The van der Waals surface area contributed by atoms with Crippen LogP contribution in [0.1, 0.15) is 12.0 Å². The van der Waals surface area contributed by atoms with Gasteiger partial charge in [0.2, 0.25) is 5.91 Å². The van der Waals surface area contributed by atoms with Crippen LogP contribution in [-0.4, -0.2) is 33.0 Å². The van der Waals surface area contributed by atoms with Crippen molar-refractivity contribution >= 4 is 69.4 Å². The number of rotatable bonds is 3. The van der Waals surface area contributed by atoms with E-state index >= 15 is 0 Å². The minimum absolute atomic E-state index is 0.105. The van der Waals surface area contributed by atoms with E-state index in [0.29, 0.717) is 15.6 Å². The fourth-order valence-corrected chi connectivity index (χ4v) is 4.61. The van der Waals surface area contributed by atoms with E-state index < -0.39 is 11.9 Å². The van der Waals surface area contributed by atoms with Crippen LogP contribution >= 0.6 is 35.6 Å². The van der Waals surface area contributed by atoms with Crippen LogP contribution in [0.5, 0.6) is 0 Å². The van der Waals surface area contributed by atoms with Gasteiger partial charge in [0.1, 0.15) is 10.4 Å². The Morgan fingerprint density at radius 2 is 1.71 bits per heavy atom. The highest BCUT2D eigenvalue weighted by molar-refractivity contribution is 8.26. The molecule has 1 atom stereocenters. The second-order valence-electron chi connectivity index (χ2n) is 6.23. The molecule has 0 bridgehead atoms. The third kappa shape index (κ3) is 3.37. The Bertz CT molecular complexity index is 1020. The van der Waals surface area contributed by atoms with Crippen LogP contribution in [0, 0.1) is 0 Å². The normalized spacial score (nSPS) is 21.3. The number of hydrogen-bond donors (Lipinski definition) is 0. The molecule has 0 saturated carbocycles. The topological polar surface area (TPSA) is 57.7 Å². The molecule has 4 rings (SSSR count). The number of imide groups is 1. The molecule has 2 aliphatic heterocycles. The summed E-state index contributed by atoms with van der Waals surface area (Å²) in [6.45, 7) is 0. The highest BCUT2D eigenvalue weighted by atomic mass is 35.5. The summed E-state index contributed by atoms with van der Waals surface area (Å²) in [5, 5.41) is 0.502. The molecule has 2 heterocycles. The Morgan fingerprint density at radius 1 is 1.04 bits per heavy atom. The molecular formula is C20H13ClN2O3S2. The zero-order valence-electron chi connectivity index (χ0n) is 14.4. The predicted molar refractivity (Wildman–Crippen MR) is 114 cm³/mol. The number of hydrogen-bond acceptors (Lipinski definition) is 5. The highest BCUT2D eigenvalue weighted by Gasteiger charge is 2.48. The molecular weight excluding hydrogens is 416 g/mol. The summed E-state index contributed by atoms with van der Waals surface area (Å²) in [4.78, 5) is 41.1. The maximum Gasteiger partial charge on any atom is 0.266 e. The zero-order valence-corrected chi connectivity index (χ0v) is 16.8. The maximum atomic E-state index is 12.9. The van der Waals surface area contributed by atoms with E-state index in [1.807, 2.05) is 30.3 Å². The third-order valence-electron chi connectivity index (χ3n) is 4.44. The Balaban J connectivity index is 1.61. The molecule has 2 aliphatic rings. The molecule has 5 nitrogen and oxygen atoms in total. The molecule has 0 spiro atoms. The molecule has 0 aromatic heterocycles. The van der Waals surface area contributed by atoms with Crippen molar-refractivity contribution in [2.75, 3.05) is 4.90 Å². The van der Waals surface area contributed by atoms with Crippen molar-refractivity contribution in [3.05, 3.63) is 70.1 Å². The van der Waals surface area contributed by atoms with Crippen molar-refractivity contribution in [3.8, 4) is 0 Å². The number of thiocarbonyl (C=S) groups is 1. The van der Waals surface area contributed by atoms with E-state index in [-0.39, 0.29) is 22.6 Å². The molecule has 0 N–H and O–H groups in total. The van der Waals surface area contributed by atoms with Crippen LogP contribution in [0.4, 0.5) is 5.69 Å². The first-order chi connectivity index (χ1) is 13.5. The average molecular weight is 429 g/mol. The fourth-order valence-electron chi connectivity index (χ4n) is 3.13. The monoisotopic (exact) mass is 428 g/mol. The van der Waals surface area contributed by atoms with Crippen LogP contribution in [0.3, 0.4) is 0 Å². The molecule has 140 valence electrons. The van der Waals surface area contributed by atoms with Crippen LogP contribution in [-0.2, 0) is 14.4 Å². The van der Waals surface area contributed by atoms with Crippen molar-refractivity contribution in [2.45, 2.75) is 12.5 Å². The first kappa shape index (κ1) is 18.9. The molecule has 2 aromatic carbocycles. The van der Waals surface area contributed by atoms with Crippen molar-refractivity contribution in [3.63, 3.8) is 0 Å². The SMILES string of the molecule is O=C1CC(N2C(=O)/C(=C/c3ccccc3)SC2=S)C(=O)N1c1ccc(Cl)cc1. The van der Waals surface area contributed by atoms with Crippen LogP contribution in [0.2, 0.25) is 5.02 Å². The lowest BCUT2D eigenvalue weighted by atomic mass is 10.2. The summed E-state index contributed by atoms with van der Waals surface area (Å²) in [6, 6.07) is 14.8. The number of carbonyl (C=O) groups excluding carboxylic acids is 3. The lowest BCUT2D eigenvalue weighted by Gasteiger charge is -2.21. The van der Waals surface area contributed by atoms with E-state index in [4.69, 9.17) is 23.8 Å². The first-order valence-corrected chi connectivity index (χ1v) is 10.0. The summed E-state index contributed by atoms with van der Waals surface area (Å²) in [5.74, 6) is -1.20. The van der Waals surface area contributed by atoms with Gasteiger partial charge in [-0.05, 0) is 35.9 Å². The minimum Gasteiger partial charge on any atom is -0.280 e. The van der Waals surface area contributed by atoms with Gasteiger partial charge >= 0.3 is 0 Å². The van der Waals surface area contributed by atoms with Gasteiger partial charge in [0.15, 0.2) is 0 Å². The lowest BCUT2D eigenvalue weighted by molar-refractivity contribution is -0.129. The Labute approximate surface area is 175 Å². The largest absolute Gasteiger partial charge is 0.280 e. The maximum absolute atomic E-state index is 12.9. The standard InChI is InChI=1S/C20H13ClN2O3S2/c21-13-6-8-14(9-7-13)22-17(24)11-15(18(22)25)23-19(26)16(28-20(23)27)10-12-4-2-1-3-5-12/h1-10,15H,11H2/b16-10-. The van der Waals surface area contributed by atoms with Gasteiger partial charge in [-0.1, -0.05) is 65.9 Å². The van der Waals surface area contributed by atoms with E-state index in [1.54, 1.807) is 30.3 Å². The number of benzene rings is 2. The number of thioether (sulfide) groups is 1. The summed E-state index contributed by atoms with van der Waals surface area (Å²) in [6.07, 6.45) is 1.63. The molecule has 2 aromatic rings. The second-order valence-corrected chi connectivity index (χ2v) is 8.34. The number of nitrogens with zero attached hydrogens (tertiary/aromatic N) is 2. The highest BCUT2D eigenvalue weighted by Crippen LogP contribution is 2.37. The van der Waals surface area contributed by atoms with Crippen molar-refractivity contribution in [1.82, 2.24) is 4.90 Å². The van der Waals surface area contributed by atoms with E-state index in [2.05, 4.69) is 0 Å². The van der Waals surface area contributed by atoms with Gasteiger partial charge < -0.3 is 0 Å². The summed E-state index contributed by atoms with van der Waals surface area (Å²) >= 11 is 12.4. The van der Waals surface area contributed by atoms with E-state index in [1.165, 1.54) is 4.90 Å². The fraction of sp³-hybridized carbons (Fsp3) is 0.100. The second kappa shape index (κ2) is 7.50. The predicted octanol–water partition coefficient (Wildman–Crippen LogP) is 3.87. The molecule has 0 aliphatic carbocycles. The Morgan fingerprint density at radius 3 is 2.39 bits per heavy atom.